The molecule has 13 nitrogen and oxygen atoms in total. The summed E-state index contributed by atoms with van der Waals surface area (Å²) in [7, 11) is 0. The van der Waals surface area contributed by atoms with Gasteiger partial charge in [0.1, 0.15) is 19.6 Å². The predicted molar refractivity (Wildman–Crippen MR) is 117 cm³/mol. The average Bonchev–Trinajstić information content (AvgIpc) is 2.75. The highest BCUT2D eigenvalue weighted by Gasteiger charge is 2.44. The fourth-order valence-electron chi connectivity index (χ4n) is 3.43. The van der Waals surface area contributed by atoms with Crippen LogP contribution in [0.25, 0.3) is 0 Å². The van der Waals surface area contributed by atoms with E-state index in [1.165, 1.54) is 43.3 Å². The summed E-state index contributed by atoms with van der Waals surface area (Å²) in [6.07, 6.45) is 0. The Morgan fingerprint density at radius 1 is 0.824 bits per heavy atom. The maximum atomic E-state index is 12.5. The molecule has 0 aliphatic rings. The van der Waals surface area contributed by atoms with Gasteiger partial charge in [0.25, 0.3) is 5.69 Å². The summed E-state index contributed by atoms with van der Waals surface area (Å²) in [6, 6.07) is 10.1. The van der Waals surface area contributed by atoms with Crippen LogP contribution in [-0.2, 0) is 24.7 Å². The molecule has 180 valence electrons. The number of anilines is 2. The lowest BCUT2D eigenvalue weighted by Gasteiger charge is -2.41. The number of aliphatic carboxylic acids is 4. The molecular weight excluding hydrogens is 454 g/mol. The molecule has 0 saturated carbocycles. The van der Waals surface area contributed by atoms with Gasteiger partial charge < -0.3 is 30.2 Å². The lowest BCUT2D eigenvalue weighted by Crippen LogP contribution is -2.52. The third-order valence-electron chi connectivity index (χ3n) is 5.06. The Morgan fingerprint density at radius 3 is 1.71 bits per heavy atom. The van der Waals surface area contributed by atoms with Crippen molar-refractivity contribution in [3.8, 4) is 0 Å². The van der Waals surface area contributed by atoms with E-state index < -0.39 is 54.0 Å². The summed E-state index contributed by atoms with van der Waals surface area (Å²) in [5.41, 5.74) is -2.49. The van der Waals surface area contributed by atoms with E-state index >= 15 is 0 Å². The number of nitro groups is 1. The minimum absolute atomic E-state index is 0.00433. The van der Waals surface area contributed by atoms with E-state index in [1.54, 1.807) is 0 Å². The number of rotatable bonds is 12. The molecule has 2 aromatic rings. The van der Waals surface area contributed by atoms with Gasteiger partial charge >= 0.3 is 23.9 Å². The zero-order chi connectivity index (χ0) is 25.6. The molecule has 13 heteroatoms. The van der Waals surface area contributed by atoms with Crippen molar-refractivity contribution < 1.29 is 44.5 Å². The van der Waals surface area contributed by atoms with Gasteiger partial charge in [-0.15, -0.1) is 0 Å². The van der Waals surface area contributed by atoms with E-state index in [-0.39, 0.29) is 22.6 Å². The Morgan fingerprint density at radius 2 is 1.29 bits per heavy atom. The first-order chi connectivity index (χ1) is 15.9. The van der Waals surface area contributed by atoms with Gasteiger partial charge in [-0.05, 0) is 36.8 Å². The molecule has 0 unspecified atom stereocenters. The maximum Gasteiger partial charge on any atom is 0.333 e. The number of nitrogens with zero attached hydrogens (tertiary/aromatic N) is 3. The molecule has 0 spiro atoms. The summed E-state index contributed by atoms with van der Waals surface area (Å²) in [4.78, 5) is 59.2. The number of carboxylic acids is 4. The van der Waals surface area contributed by atoms with Crippen LogP contribution < -0.4 is 9.80 Å². The molecular formula is C21H21N3O10. The molecule has 0 aromatic heterocycles. The fraction of sp³-hybridized carbons (Fsp3) is 0.238. The molecule has 34 heavy (non-hydrogen) atoms. The molecule has 0 bridgehead atoms. The highest BCUT2D eigenvalue weighted by Crippen LogP contribution is 2.39. The maximum absolute atomic E-state index is 12.5. The topological polar surface area (TPSA) is 199 Å². The van der Waals surface area contributed by atoms with Gasteiger partial charge in [-0.1, -0.05) is 12.1 Å². The van der Waals surface area contributed by atoms with Crippen molar-refractivity contribution in [1.82, 2.24) is 0 Å². The Labute approximate surface area is 192 Å². The van der Waals surface area contributed by atoms with Crippen molar-refractivity contribution in [2.24, 2.45) is 0 Å². The van der Waals surface area contributed by atoms with Gasteiger partial charge in [0.15, 0.2) is 5.54 Å². The number of carboxylic acid groups (broad SMARTS) is 4. The van der Waals surface area contributed by atoms with Crippen molar-refractivity contribution in [2.75, 3.05) is 29.4 Å². The molecule has 0 amide bonds. The van der Waals surface area contributed by atoms with E-state index in [4.69, 9.17) is 0 Å². The second-order valence-corrected chi connectivity index (χ2v) is 7.29. The molecule has 2 aromatic carbocycles. The largest absolute Gasteiger partial charge is 0.480 e. The van der Waals surface area contributed by atoms with Crippen LogP contribution in [0.4, 0.5) is 17.1 Å². The normalized spacial score (nSPS) is 12.3. The molecule has 0 aliphatic carbocycles. The van der Waals surface area contributed by atoms with Crippen LogP contribution in [-0.4, -0.2) is 68.9 Å². The summed E-state index contributed by atoms with van der Waals surface area (Å²) < 4.78 is 0. The van der Waals surface area contributed by atoms with Crippen molar-refractivity contribution >= 4 is 40.9 Å². The lowest BCUT2D eigenvalue weighted by atomic mass is 9.88. The number of hydrogen-bond donors (Lipinski definition) is 4. The highest BCUT2D eigenvalue weighted by atomic mass is 16.6. The minimum Gasteiger partial charge on any atom is -0.480 e. The van der Waals surface area contributed by atoms with E-state index in [0.717, 1.165) is 21.9 Å². The highest BCUT2D eigenvalue weighted by molar-refractivity contribution is 5.91. The third-order valence-corrected chi connectivity index (χ3v) is 5.06. The van der Waals surface area contributed by atoms with Crippen LogP contribution in [0.2, 0.25) is 0 Å². The van der Waals surface area contributed by atoms with E-state index in [0.29, 0.717) is 0 Å². The number of benzene rings is 2. The number of para-hydroxylation sites is 2. The fourth-order valence-corrected chi connectivity index (χ4v) is 3.43. The van der Waals surface area contributed by atoms with Gasteiger partial charge in [0.2, 0.25) is 0 Å². The quantitative estimate of drug-likeness (QED) is 0.255. The molecule has 0 aliphatic heterocycles. The second kappa shape index (κ2) is 10.3. The summed E-state index contributed by atoms with van der Waals surface area (Å²) in [5, 5.41) is 49.2. The molecule has 0 radical (unpaired) electrons. The number of carbonyl (C=O) groups is 4. The monoisotopic (exact) mass is 475 g/mol. The lowest BCUT2D eigenvalue weighted by molar-refractivity contribution is -0.384. The van der Waals surface area contributed by atoms with E-state index in [9.17, 15) is 49.7 Å². The number of nitro benzene ring substituents is 1. The van der Waals surface area contributed by atoms with Crippen LogP contribution in [0.15, 0.2) is 48.5 Å². The van der Waals surface area contributed by atoms with Gasteiger partial charge in [-0.3, -0.25) is 24.5 Å². The Kier molecular flexibility index (Phi) is 7.74. The van der Waals surface area contributed by atoms with Crippen molar-refractivity contribution in [3.63, 3.8) is 0 Å². The Hall–Kier alpha value is -4.68. The number of hydrogen-bond acceptors (Lipinski definition) is 8. The van der Waals surface area contributed by atoms with Crippen LogP contribution in [0.3, 0.4) is 0 Å². The van der Waals surface area contributed by atoms with E-state index in [1.807, 2.05) is 0 Å². The van der Waals surface area contributed by atoms with Crippen LogP contribution >= 0.6 is 0 Å². The smallest absolute Gasteiger partial charge is 0.333 e. The molecule has 0 saturated heterocycles. The molecule has 1 atom stereocenters. The van der Waals surface area contributed by atoms with Crippen molar-refractivity contribution in [3.05, 3.63) is 64.2 Å². The van der Waals surface area contributed by atoms with Crippen molar-refractivity contribution in [2.45, 2.75) is 12.5 Å². The summed E-state index contributed by atoms with van der Waals surface area (Å²) in [5.74, 6) is -5.65. The first-order valence-electron chi connectivity index (χ1n) is 9.63. The predicted octanol–water partition coefficient (Wildman–Crippen LogP) is 1.46. The standard InChI is InChI=1S/C21H21N3O10/c1-21(20(31)32,13-6-8-14(9-7-13)24(33)34)23(12-19(29)30)16-5-3-2-4-15(16)22(10-17(25)26)11-18(27)28/h2-9H,10-12H2,1H3,(H,25,26)(H,27,28)(H,29,30)(H,31,32)/t21-/m1/s1. The van der Waals surface area contributed by atoms with Gasteiger partial charge in [0.05, 0.1) is 16.3 Å². The molecule has 0 fully saturated rings. The average molecular weight is 475 g/mol. The van der Waals surface area contributed by atoms with Gasteiger partial charge in [-0.2, -0.15) is 0 Å². The Bertz CT molecular complexity index is 1100. The third kappa shape index (κ3) is 5.56. The van der Waals surface area contributed by atoms with Crippen molar-refractivity contribution in [1.29, 1.82) is 0 Å². The summed E-state index contributed by atoms with van der Waals surface area (Å²) in [6.45, 7) is -1.20. The van der Waals surface area contributed by atoms with E-state index in [2.05, 4.69) is 0 Å². The Balaban J connectivity index is 2.76. The van der Waals surface area contributed by atoms with Gasteiger partial charge in [0, 0.05) is 12.1 Å². The summed E-state index contributed by atoms with van der Waals surface area (Å²) >= 11 is 0. The van der Waals surface area contributed by atoms with Crippen LogP contribution in [0, 0.1) is 10.1 Å². The molecule has 4 N–H and O–H groups in total. The second-order valence-electron chi connectivity index (χ2n) is 7.29. The number of non-ortho nitro benzene ring substituents is 1. The first kappa shape index (κ1) is 25.6. The van der Waals surface area contributed by atoms with Gasteiger partial charge in [-0.25, -0.2) is 4.79 Å². The SMILES string of the molecule is C[C@](C(=O)O)(c1ccc([N+](=O)[O-])cc1)N(CC(=O)O)c1ccccc1N(CC(=O)O)CC(=O)O. The first-order valence-corrected chi connectivity index (χ1v) is 9.63. The molecule has 0 heterocycles. The van der Waals surface area contributed by atoms with Crippen LogP contribution in [0.5, 0.6) is 0 Å². The molecule has 2 rings (SSSR count). The minimum atomic E-state index is -2.10. The van der Waals surface area contributed by atoms with Crippen LogP contribution in [0.1, 0.15) is 12.5 Å². The zero-order valence-corrected chi connectivity index (χ0v) is 17.8. The zero-order valence-electron chi connectivity index (χ0n) is 17.8.